The smallest absolute Gasteiger partial charge is 0.173 e. The van der Waals surface area contributed by atoms with Gasteiger partial charge in [0.1, 0.15) is 28.9 Å². The highest BCUT2D eigenvalue weighted by Crippen LogP contribution is 2.36. The molecular weight excluding hydrogens is 368 g/mol. The van der Waals surface area contributed by atoms with Crippen LogP contribution in [0.25, 0.3) is 10.2 Å². The van der Waals surface area contributed by atoms with E-state index >= 15 is 0 Å². The Morgan fingerprint density at radius 1 is 1.15 bits per heavy atom. The molecule has 0 spiro atoms. The predicted octanol–water partition coefficient (Wildman–Crippen LogP) is 4.36. The average molecular weight is 386 g/mol. The number of rotatable bonds is 4. The molecule has 3 heterocycles. The van der Waals surface area contributed by atoms with Gasteiger partial charge in [-0.3, -0.25) is 4.79 Å². The Bertz CT molecular complexity index is 1010. The summed E-state index contributed by atoms with van der Waals surface area (Å²) in [5.74, 6) is 2.42. The number of thiophene rings is 1. The Balaban J connectivity index is 1.57. The van der Waals surface area contributed by atoms with Crippen molar-refractivity contribution in [3.05, 3.63) is 40.0 Å². The molecule has 4 rings (SSSR count). The molecule has 7 heteroatoms. The van der Waals surface area contributed by atoms with E-state index in [-0.39, 0.29) is 5.78 Å². The number of hydrogen-bond acceptors (Lipinski definition) is 7. The summed E-state index contributed by atoms with van der Waals surface area (Å²) in [5.41, 5.74) is 1.82. The third-order valence-corrected chi connectivity index (χ3v) is 6.39. The maximum Gasteiger partial charge on any atom is 0.173 e. The molecule has 0 fully saturated rings. The van der Waals surface area contributed by atoms with E-state index in [1.54, 1.807) is 29.5 Å². The molecule has 1 aliphatic heterocycles. The first-order chi connectivity index (χ1) is 12.5. The lowest BCUT2D eigenvalue weighted by atomic mass is 10.1. The van der Waals surface area contributed by atoms with E-state index in [2.05, 4.69) is 23.8 Å². The number of ether oxygens (including phenoxy) is 2. The molecule has 0 saturated heterocycles. The molecule has 0 radical (unpaired) electrons. The highest BCUT2D eigenvalue weighted by molar-refractivity contribution is 8.00. The van der Waals surface area contributed by atoms with Gasteiger partial charge in [-0.25, -0.2) is 9.97 Å². The molecule has 3 aromatic rings. The molecule has 134 valence electrons. The average Bonchev–Trinajstić information content (AvgIpc) is 2.92. The summed E-state index contributed by atoms with van der Waals surface area (Å²) >= 11 is 3.14. The lowest BCUT2D eigenvalue weighted by Crippen LogP contribution is -2.16. The van der Waals surface area contributed by atoms with Gasteiger partial charge in [0.25, 0.3) is 0 Å². The zero-order valence-electron chi connectivity index (χ0n) is 14.8. The van der Waals surface area contributed by atoms with Gasteiger partial charge in [0.15, 0.2) is 17.3 Å². The minimum absolute atomic E-state index is 0.0426. The molecule has 0 saturated carbocycles. The molecule has 0 amide bonds. The lowest BCUT2D eigenvalue weighted by Gasteiger charge is -2.18. The summed E-state index contributed by atoms with van der Waals surface area (Å²) in [7, 11) is 0. The highest BCUT2D eigenvalue weighted by Gasteiger charge is 2.18. The number of thioether (sulfide) groups is 1. The predicted molar refractivity (Wildman–Crippen MR) is 104 cm³/mol. The van der Waals surface area contributed by atoms with Crippen LogP contribution in [0.3, 0.4) is 0 Å². The SMILES string of the molecule is Cc1nc(SCC(=O)c2ccc3c(c2)OCCO3)c2c(C)c(C)sc2n1. The molecule has 26 heavy (non-hydrogen) atoms. The van der Waals surface area contributed by atoms with E-state index in [1.807, 2.05) is 6.92 Å². The van der Waals surface area contributed by atoms with Crippen molar-refractivity contribution < 1.29 is 14.3 Å². The highest BCUT2D eigenvalue weighted by atomic mass is 32.2. The summed E-state index contributed by atoms with van der Waals surface area (Å²) < 4.78 is 11.1. The van der Waals surface area contributed by atoms with Crippen molar-refractivity contribution in [1.29, 1.82) is 0 Å². The maximum absolute atomic E-state index is 12.7. The number of aryl methyl sites for hydroxylation is 3. The summed E-state index contributed by atoms with van der Waals surface area (Å²) in [6.07, 6.45) is 0. The van der Waals surface area contributed by atoms with E-state index in [0.29, 0.717) is 36.0 Å². The summed E-state index contributed by atoms with van der Waals surface area (Å²) in [6.45, 7) is 7.11. The molecule has 0 atom stereocenters. The van der Waals surface area contributed by atoms with E-state index in [9.17, 15) is 4.79 Å². The quantitative estimate of drug-likeness (QED) is 0.377. The van der Waals surface area contributed by atoms with Crippen LogP contribution in [-0.2, 0) is 0 Å². The monoisotopic (exact) mass is 386 g/mol. The molecule has 5 nitrogen and oxygen atoms in total. The van der Waals surface area contributed by atoms with E-state index in [1.165, 1.54) is 22.2 Å². The van der Waals surface area contributed by atoms with Gasteiger partial charge in [-0.2, -0.15) is 0 Å². The first kappa shape index (κ1) is 17.3. The molecule has 1 aromatic carbocycles. The molecule has 1 aliphatic rings. The second-order valence-electron chi connectivity index (χ2n) is 6.11. The van der Waals surface area contributed by atoms with Crippen LogP contribution in [0.15, 0.2) is 23.2 Å². The van der Waals surface area contributed by atoms with Gasteiger partial charge in [0.2, 0.25) is 0 Å². The third kappa shape index (κ3) is 3.17. The van der Waals surface area contributed by atoms with E-state index < -0.39 is 0 Å². The maximum atomic E-state index is 12.7. The minimum Gasteiger partial charge on any atom is -0.486 e. The van der Waals surface area contributed by atoms with Crippen LogP contribution >= 0.6 is 23.1 Å². The fourth-order valence-corrected chi connectivity index (χ4v) is 5.02. The topological polar surface area (TPSA) is 61.3 Å². The number of fused-ring (bicyclic) bond motifs is 2. The number of aromatic nitrogens is 2. The number of benzene rings is 1. The van der Waals surface area contributed by atoms with Crippen LogP contribution in [0.2, 0.25) is 0 Å². The zero-order chi connectivity index (χ0) is 18.3. The number of ketones is 1. The van der Waals surface area contributed by atoms with E-state index in [0.717, 1.165) is 21.1 Å². The number of Topliss-reactive ketones (excluding diaryl/α,β-unsaturated/α-hetero) is 1. The largest absolute Gasteiger partial charge is 0.486 e. The Labute approximate surface area is 159 Å². The molecule has 0 bridgehead atoms. The van der Waals surface area contributed by atoms with Crippen molar-refractivity contribution in [2.75, 3.05) is 19.0 Å². The van der Waals surface area contributed by atoms with Crippen molar-refractivity contribution in [2.24, 2.45) is 0 Å². The second kappa shape index (κ2) is 6.89. The van der Waals surface area contributed by atoms with Crippen LogP contribution in [0.4, 0.5) is 0 Å². The first-order valence-corrected chi connectivity index (χ1v) is 10.1. The van der Waals surface area contributed by atoms with E-state index in [4.69, 9.17) is 9.47 Å². The van der Waals surface area contributed by atoms with Crippen molar-refractivity contribution in [2.45, 2.75) is 25.8 Å². The van der Waals surface area contributed by atoms with Crippen LogP contribution in [0.5, 0.6) is 11.5 Å². The van der Waals surface area contributed by atoms with Crippen LogP contribution in [-0.4, -0.2) is 34.7 Å². The van der Waals surface area contributed by atoms with Crippen molar-refractivity contribution in [1.82, 2.24) is 9.97 Å². The van der Waals surface area contributed by atoms with Gasteiger partial charge in [0, 0.05) is 15.8 Å². The normalized spacial score (nSPS) is 13.2. The number of hydrogen-bond donors (Lipinski definition) is 0. The van der Waals surface area contributed by atoms with Crippen molar-refractivity contribution in [3.8, 4) is 11.5 Å². The number of nitrogens with zero attached hydrogens (tertiary/aromatic N) is 2. The molecule has 2 aromatic heterocycles. The van der Waals surface area contributed by atoms with Gasteiger partial charge >= 0.3 is 0 Å². The molecule has 0 aliphatic carbocycles. The summed E-state index contributed by atoms with van der Waals surface area (Å²) in [4.78, 5) is 24.0. The van der Waals surface area contributed by atoms with Gasteiger partial charge in [-0.1, -0.05) is 11.8 Å². The number of carbonyl (C=O) groups excluding carboxylic acids is 1. The van der Waals surface area contributed by atoms with Crippen LogP contribution in [0, 0.1) is 20.8 Å². The standard InChI is InChI=1S/C19H18N2O3S2/c1-10-11(2)26-19-17(10)18(20-12(3)21-19)25-9-14(22)13-4-5-15-16(8-13)24-7-6-23-15/h4-5,8H,6-7,9H2,1-3H3. The molecule has 0 unspecified atom stereocenters. The fraction of sp³-hybridized carbons (Fsp3) is 0.316. The minimum atomic E-state index is 0.0426. The lowest BCUT2D eigenvalue weighted by molar-refractivity contribution is 0.102. The van der Waals surface area contributed by atoms with Crippen molar-refractivity contribution >= 4 is 39.1 Å². The Kier molecular flexibility index (Phi) is 4.58. The Hall–Kier alpha value is -2.12. The Morgan fingerprint density at radius 3 is 2.73 bits per heavy atom. The summed E-state index contributed by atoms with van der Waals surface area (Å²) in [5, 5.41) is 1.94. The zero-order valence-corrected chi connectivity index (χ0v) is 16.4. The second-order valence-corrected chi connectivity index (χ2v) is 8.28. The first-order valence-electron chi connectivity index (χ1n) is 8.33. The molecule has 0 N–H and O–H groups in total. The summed E-state index contributed by atoms with van der Waals surface area (Å²) in [6, 6.07) is 5.35. The van der Waals surface area contributed by atoms with Crippen LogP contribution < -0.4 is 9.47 Å². The molecular formula is C19H18N2O3S2. The van der Waals surface area contributed by atoms with Gasteiger partial charge < -0.3 is 9.47 Å². The van der Waals surface area contributed by atoms with Gasteiger partial charge in [-0.15, -0.1) is 11.3 Å². The Morgan fingerprint density at radius 2 is 1.92 bits per heavy atom. The number of carbonyl (C=O) groups is 1. The fourth-order valence-electron chi connectivity index (χ4n) is 2.85. The third-order valence-electron chi connectivity index (χ3n) is 4.31. The van der Waals surface area contributed by atoms with Crippen molar-refractivity contribution in [3.63, 3.8) is 0 Å². The van der Waals surface area contributed by atoms with Gasteiger partial charge in [0.05, 0.1) is 5.75 Å². The van der Waals surface area contributed by atoms with Gasteiger partial charge in [-0.05, 0) is 44.5 Å². The van der Waals surface area contributed by atoms with Crippen LogP contribution in [0.1, 0.15) is 26.6 Å².